The average Bonchev–Trinajstić information content (AvgIpc) is 3.41. The number of anilines is 1. The van der Waals surface area contributed by atoms with E-state index in [9.17, 15) is 4.79 Å². The van der Waals surface area contributed by atoms with Crippen molar-refractivity contribution in [2.24, 2.45) is 0 Å². The van der Waals surface area contributed by atoms with Gasteiger partial charge in [0.05, 0.1) is 19.1 Å². The van der Waals surface area contributed by atoms with Crippen molar-refractivity contribution in [3.05, 3.63) is 90.3 Å². The van der Waals surface area contributed by atoms with E-state index in [1.54, 1.807) is 25.8 Å². The van der Waals surface area contributed by atoms with Gasteiger partial charge in [-0.3, -0.25) is 4.79 Å². The van der Waals surface area contributed by atoms with Crippen LogP contribution in [0.15, 0.2) is 73.4 Å². The van der Waals surface area contributed by atoms with Crippen LogP contribution in [0.5, 0.6) is 5.75 Å². The number of nitrogens with zero attached hydrogens (tertiary/aromatic N) is 5. The Morgan fingerprint density at radius 2 is 2.06 bits per heavy atom. The van der Waals surface area contributed by atoms with Crippen molar-refractivity contribution in [2.45, 2.75) is 25.3 Å². The molecular formula is C27H28N6O2. The fourth-order valence-corrected chi connectivity index (χ4v) is 4.67. The van der Waals surface area contributed by atoms with Crippen molar-refractivity contribution in [1.29, 1.82) is 0 Å². The Balaban J connectivity index is 1.38. The molecule has 1 fully saturated rings. The number of amides is 1. The number of benzene rings is 2. The molecule has 0 unspecified atom stereocenters. The number of aromatic nitrogens is 4. The van der Waals surface area contributed by atoms with E-state index in [1.165, 1.54) is 0 Å². The molecule has 3 heterocycles. The predicted molar refractivity (Wildman–Crippen MR) is 134 cm³/mol. The number of rotatable bonds is 6. The summed E-state index contributed by atoms with van der Waals surface area (Å²) in [6.45, 7) is 1.99. The number of nitrogens with two attached hydrogens (primary N) is 1. The van der Waals surface area contributed by atoms with Crippen LogP contribution < -0.4 is 10.5 Å². The van der Waals surface area contributed by atoms with E-state index < -0.39 is 0 Å². The molecule has 2 aromatic heterocycles. The molecular weight excluding hydrogens is 440 g/mol. The van der Waals surface area contributed by atoms with E-state index in [1.807, 2.05) is 64.2 Å². The first-order chi connectivity index (χ1) is 17.1. The molecule has 0 aliphatic carbocycles. The average molecular weight is 469 g/mol. The van der Waals surface area contributed by atoms with E-state index in [0.29, 0.717) is 18.7 Å². The van der Waals surface area contributed by atoms with Crippen LogP contribution in [0.2, 0.25) is 0 Å². The second-order valence-corrected chi connectivity index (χ2v) is 8.78. The van der Waals surface area contributed by atoms with Crippen molar-refractivity contribution in [3.63, 3.8) is 0 Å². The zero-order chi connectivity index (χ0) is 24.2. The molecule has 0 spiro atoms. The number of hydrogen-bond donors (Lipinski definition) is 1. The first-order valence-electron chi connectivity index (χ1n) is 11.7. The second-order valence-electron chi connectivity index (χ2n) is 8.78. The number of nitrogen functional groups attached to an aromatic ring is 1. The molecule has 1 atom stereocenters. The zero-order valence-corrected chi connectivity index (χ0v) is 19.7. The Morgan fingerprint density at radius 1 is 1.20 bits per heavy atom. The van der Waals surface area contributed by atoms with Gasteiger partial charge in [0, 0.05) is 55.3 Å². The highest BCUT2D eigenvalue weighted by molar-refractivity contribution is 5.94. The third kappa shape index (κ3) is 5.01. The van der Waals surface area contributed by atoms with Gasteiger partial charge in [0.15, 0.2) is 0 Å². The third-order valence-electron chi connectivity index (χ3n) is 6.43. The number of likely N-dealkylation sites (tertiary alicyclic amines) is 1. The van der Waals surface area contributed by atoms with Crippen LogP contribution in [0.4, 0.5) is 5.95 Å². The van der Waals surface area contributed by atoms with Crippen LogP contribution in [0.1, 0.15) is 40.4 Å². The van der Waals surface area contributed by atoms with Gasteiger partial charge in [-0.05, 0) is 48.2 Å². The lowest BCUT2D eigenvalue weighted by Crippen LogP contribution is -2.39. The molecule has 1 amide bonds. The van der Waals surface area contributed by atoms with E-state index in [2.05, 4.69) is 15.0 Å². The number of piperidine rings is 1. The lowest BCUT2D eigenvalue weighted by molar-refractivity contribution is 0.0706. The molecule has 2 N–H and O–H groups in total. The molecule has 1 saturated heterocycles. The number of ether oxygens (including phenoxy) is 1. The Labute approximate surface area is 204 Å². The summed E-state index contributed by atoms with van der Waals surface area (Å²) in [7, 11) is 1.65. The maximum absolute atomic E-state index is 13.5. The second kappa shape index (κ2) is 9.97. The zero-order valence-electron chi connectivity index (χ0n) is 19.7. The summed E-state index contributed by atoms with van der Waals surface area (Å²) in [4.78, 5) is 28.4. The van der Waals surface area contributed by atoms with Gasteiger partial charge in [-0.15, -0.1) is 0 Å². The van der Waals surface area contributed by atoms with Gasteiger partial charge in [-0.1, -0.05) is 24.3 Å². The Kier molecular flexibility index (Phi) is 6.43. The maximum atomic E-state index is 13.5. The summed E-state index contributed by atoms with van der Waals surface area (Å²) >= 11 is 0. The molecule has 0 bridgehead atoms. The molecule has 2 aromatic carbocycles. The smallest absolute Gasteiger partial charge is 0.253 e. The van der Waals surface area contributed by atoms with Gasteiger partial charge in [0.25, 0.3) is 5.91 Å². The van der Waals surface area contributed by atoms with Crippen molar-refractivity contribution in [2.75, 3.05) is 25.9 Å². The number of carbonyl (C=O) groups excluding carboxylic acids is 1. The van der Waals surface area contributed by atoms with E-state index in [4.69, 9.17) is 10.5 Å². The van der Waals surface area contributed by atoms with Crippen LogP contribution in [-0.4, -0.2) is 50.5 Å². The van der Waals surface area contributed by atoms with Gasteiger partial charge in [-0.25, -0.2) is 15.0 Å². The molecule has 1 aliphatic rings. The minimum Gasteiger partial charge on any atom is -0.497 e. The molecule has 4 aromatic rings. The molecule has 5 rings (SSSR count). The maximum Gasteiger partial charge on any atom is 0.253 e. The largest absolute Gasteiger partial charge is 0.497 e. The van der Waals surface area contributed by atoms with Gasteiger partial charge in [0.1, 0.15) is 5.75 Å². The summed E-state index contributed by atoms with van der Waals surface area (Å²) in [5, 5.41) is 0. The summed E-state index contributed by atoms with van der Waals surface area (Å²) < 4.78 is 7.28. The highest BCUT2D eigenvalue weighted by Crippen LogP contribution is 2.34. The molecule has 8 heteroatoms. The van der Waals surface area contributed by atoms with E-state index >= 15 is 0 Å². The number of imidazole rings is 1. The quantitative estimate of drug-likeness (QED) is 0.459. The van der Waals surface area contributed by atoms with Crippen LogP contribution in [0.25, 0.3) is 11.1 Å². The van der Waals surface area contributed by atoms with Crippen LogP contribution in [0.3, 0.4) is 0 Å². The molecule has 0 radical (unpaired) electrons. The minimum atomic E-state index is 0.0372. The Morgan fingerprint density at radius 3 is 2.83 bits per heavy atom. The van der Waals surface area contributed by atoms with Crippen molar-refractivity contribution in [3.8, 4) is 16.9 Å². The topological polar surface area (TPSA) is 99.2 Å². The van der Waals surface area contributed by atoms with Gasteiger partial charge >= 0.3 is 0 Å². The lowest BCUT2D eigenvalue weighted by Gasteiger charge is -2.33. The molecule has 0 saturated carbocycles. The predicted octanol–water partition coefficient (Wildman–Crippen LogP) is 4.00. The van der Waals surface area contributed by atoms with Gasteiger partial charge < -0.3 is 19.9 Å². The van der Waals surface area contributed by atoms with Crippen LogP contribution in [0, 0.1) is 0 Å². The standard InChI is InChI=1S/C27H28N6O2/c1-35-23-9-7-20(8-10-23)24-15-30-27(28)31-25(24)22-6-3-12-33(17-22)26(34)21-5-2-4-19(14-21)16-32-13-11-29-18-32/h2,4-5,7-11,13-15,18,22H,3,6,12,16-17H2,1H3,(H2,28,30,31)/t22-/m1/s1. The highest BCUT2D eigenvalue weighted by atomic mass is 16.5. The number of methoxy groups -OCH3 is 1. The fourth-order valence-electron chi connectivity index (χ4n) is 4.67. The van der Waals surface area contributed by atoms with Gasteiger partial charge in [-0.2, -0.15) is 0 Å². The highest BCUT2D eigenvalue weighted by Gasteiger charge is 2.28. The van der Waals surface area contributed by atoms with E-state index in [0.717, 1.165) is 47.5 Å². The fraction of sp³-hybridized carbons (Fsp3) is 0.259. The minimum absolute atomic E-state index is 0.0372. The normalized spacial score (nSPS) is 15.7. The molecule has 8 nitrogen and oxygen atoms in total. The lowest BCUT2D eigenvalue weighted by atomic mass is 9.89. The summed E-state index contributed by atoms with van der Waals surface area (Å²) in [5.74, 6) is 1.14. The third-order valence-corrected chi connectivity index (χ3v) is 6.43. The molecule has 1 aliphatic heterocycles. The van der Waals surface area contributed by atoms with Crippen LogP contribution in [-0.2, 0) is 6.54 Å². The molecule has 178 valence electrons. The number of carbonyl (C=O) groups is 1. The molecule has 35 heavy (non-hydrogen) atoms. The first kappa shape index (κ1) is 22.6. The van der Waals surface area contributed by atoms with Crippen molar-refractivity contribution in [1.82, 2.24) is 24.4 Å². The monoisotopic (exact) mass is 468 g/mol. The Bertz CT molecular complexity index is 1300. The van der Waals surface area contributed by atoms with Gasteiger partial charge in [0.2, 0.25) is 5.95 Å². The summed E-state index contributed by atoms with van der Waals surface area (Å²) in [6.07, 6.45) is 9.05. The van der Waals surface area contributed by atoms with Crippen LogP contribution >= 0.6 is 0 Å². The first-order valence-corrected chi connectivity index (χ1v) is 11.7. The Hall–Kier alpha value is -4.20. The summed E-state index contributed by atoms with van der Waals surface area (Å²) in [6, 6.07) is 15.6. The SMILES string of the molecule is COc1ccc(-c2cnc(N)nc2[C@@H]2CCCN(C(=O)c3cccc(Cn4ccnc4)c3)C2)cc1. The van der Waals surface area contributed by atoms with Crippen molar-refractivity contribution >= 4 is 11.9 Å². The van der Waals surface area contributed by atoms with E-state index in [-0.39, 0.29) is 17.8 Å². The van der Waals surface area contributed by atoms with Crippen molar-refractivity contribution < 1.29 is 9.53 Å². The summed E-state index contributed by atoms with van der Waals surface area (Å²) in [5.41, 5.74) is 10.6. The number of hydrogen-bond acceptors (Lipinski definition) is 6.